The van der Waals surface area contributed by atoms with Gasteiger partial charge in [-0.05, 0) is 54.1 Å². The first-order valence-electron chi connectivity index (χ1n) is 7.92. The van der Waals surface area contributed by atoms with Crippen LogP contribution in [0.3, 0.4) is 0 Å². The van der Waals surface area contributed by atoms with E-state index < -0.39 is 0 Å². The summed E-state index contributed by atoms with van der Waals surface area (Å²) in [7, 11) is 0. The van der Waals surface area contributed by atoms with Crippen LogP contribution < -0.4 is 14.2 Å². The van der Waals surface area contributed by atoms with Gasteiger partial charge in [0.25, 0.3) is 0 Å². The summed E-state index contributed by atoms with van der Waals surface area (Å²) in [5.41, 5.74) is 0.998. The number of hydrogen-bond donors (Lipinski definition) is 0. The summed E-state index contributed by atoms with van der Waals surface area (Å²) >= 11 is 0. The summed E-state index contributed by atoms with van der Waals surface area (Å²) in [6, 6.07) is 24.3. The van der Waals surface area contributed by atoms with Crippen molar-refractivity contribution in [1.29, 1.82) is 0 Å². The van der Waals surface area contributed by atoms with Crippen molar-refractivity contribution in [2.24, 2.45) is 0 Å². The Balaban J connectivity index is 1.59. The monoisotopic (exact) mass is 334 g/mol. The maximum atomic E-state index is 10.9. The van der Waals surface area contributed by atoms with E-state index >= 15 is 0 Å². The number of esters is 1. The zero-order valence-electron chi connectivity index (χ0n) is 13.8. The third-order valence-corrected chi connectivity index (χ3v) is 3.37. The minimum absolute atomic E-state index is 0.344. The number of para-hydroxylation sites is 1. The van der Waals surface area contributed by atoms with Gasteiger partial charge < -0.3 is 14.2 Å². The van der Waals surface area contributed by atoms with Crippen LogP contribution in [0, 0.1) is 0 Å². The molecule has 0 aliphatic heterocycles. The molecule has 0 saturated carbocycles. The Morgan fingerprint density at radius 2 is 1.44 bits per heavy atom. The third kappa shape index (κ3) is 5.11. The van der Waals surface area contributed by atoms with Crippen LogP contribution in [0.5, 0.6) is 23.0 Å². The molecule has 0 unspecified atom stereocenters. The van der Waals surface area contributed by atoms with Crippen LogP contribution in [0.2, 0.25) is 0 Å². The van der Waals surface area contributed by atoms with Gasteiger partial charge in [-0.2, -0.15) is 0 Å². The molecule has 0 bridgehead atoms. The van der Waals surface area contributed by atoms with Gasteiger partial charge in [-0.1, -0.05) is 30.3 Å². The van der Waals surface area contributed by atoms with Crippen LogP contribution in [0.25, 0.3) is 0 Å². The second kappa shape index (κ2) is 8.02. The van der Waals surface area contributed by atoms with Crippen molar-refractivity contribution in [2.75, 3.05) is 0 Å². The van der Waals surface area contributed by atoms with Crippen molar-refractivity contribution in [3.05, 3.63) is 84.4 Å². The van der Waals surface area contributed by atoms with Gasteiger partial charge in [-0.25, -0.2) is 0 Å². The summed E-state index contributed by atoms with van der Waals surface area (Å²) in [5.74, 6) is 2.41. The molecular formula is C21H18O4. The Morgan fingerprint density at radius 3 is 2.16 bits per heavy atom. The van der Waals surface area contributed by atoms with Crippen LogP contribution in [-0.4, -0.2) is 5.97 Å². The van der Waals surface area contributed by atoms with E-state index in [0.717, 1.165) is 17.1 Å². The first-order chi connectivity index (χ1) is 12.2. The molecule has 4 nitrogen and oxygen atoms in total. The number of rotatable bonds is 6. The van der Waals surface area contributed by atoms with Crippen molar-refractivity contribution < 1.29 is 19.0 Å². The fourth-order valence-electron chi connectivity index (χ4n) is 2.26. The number of benzene rings is 3. The topological polar surface area (TPSA) is 44.8 Å². The van der Waals surface area contributed by atoms with E-state index in [1.165, 1.54) is 6.92 Å². The smallest absolute Gasteiger partial charge is 0.308 e. The molecule has 0 radical (unpaired) electrons. The molecule has 0 heterocycles. The van der Waals surface area contributed by atoms with Crippen molar-refractivity contribution in [3.63, 3.8) is 0 Å². The molecular weight excluding hydrogens is 316 g/mol. The molecule has 0 atom stereocenters. The highest BCUT2D eigenvalue weighted by Gasteiger charge is 2.02. The van der Waals surface area contributed by atoms with Gasteiger partial charge in [0.1, 0.15) is 29.6 Å². The molecule has 0 N–H and O–H groups in total. The maximum absolute atomic E-state index is 10.9. The normalized spacial score (nSPS) is 10.1. The van der Waals surface area contributed by atoms with E-state index in [0.29, 0.717) is 18.1 Å². The fraction of sp³-hybridized carbons (Fsp3) is 0.0952. The molecule has 4 heteroatoms. The van der Waals surface area contributed by atoms with Crippen molar-refractivity contribution in [1.82, 2.24) is 0 Å². The van der Waals surface area contributed by atoms with E-state index in [1.54, 1.807) is 24.3 Å². The first-order valence-corrected chi connectivity index (χ1v) is 7.92. The van der Waals surface area contributed by atoms with Crippen molar-refractivity contribution in [2.45, 2.75) is 13.5 Å². The highest BCUT2D eigenvalue weighted by Crippen LogP contribution is 2.23. The molecule has 0 amide bonds. The average molecular weight is 334 g/mol. The highest BCUT2D eigenvalue weighted by molar-refractivity contribution is 5.69. The second-order valence-electron chi connectivity index (χ2n) is 5.42. The van der Waals surface area contributed by atoms with Crippen LogP contribution >= 0.6 is 0 Å². The Kier molecular flexibility index (Phi) is 5.32. The van der Waals surface area contributed by atoms with Gasteiger partial charge in [-0.3, -0.25) is 4.79 Å². The largest absolute Gasteiger partial charge is 0.489 e. The lowest BCUT2D eigenvalue weighted by Crippen LogP contribution is -2.01. The van der Waals surface area contributed by atoms with Crippen molar-refractivity contribution in [3.8, 4) is 23.0 Å². The summed E-state index contributed by atoms with van der Waals surface area (Å²) < 4.78 is 16.6. The van der Waals surface area contributed by atoms with Gasteiger partial charge >= 0.3 is 5.97 Å². The lowest BCUT2D eigenvalue weighted by molar-refractivity contribution is -0.131. The minimum atomic E-state index is -0.344. The van der Waals surface area contributed by atoms with Crippen LogP contribution in [0.1, 0.15) is 12.5 Å². The average Bonchev–Trinajstić information content (AvgIpc) is 2.62. The molecule has 0 saturated heterocycles. The second-order valence-corrected chi connectivity index (χ2v) is 5.42. The zero-order valence-corrected chi connectivity index (χ0v) is 13.8. The van der Waals surface area contributed by atoms with Gasteiger partial charge in [0.05, 0.1) is 0 Å². The SMILES string of the molecule is CC(=O)Oc1ccc(OCc2cccc(Oc3ccccc3)c2)cc1. The molecule has 3 aromatic rings. The molecule has 0 aliphatic carbocycles. The molecule has 3 rings (SSSR count). The summed E-state index contributed by atoms with van der Waals surface area (Å²) in [5, 5.41) is 0. The minimum Gasteiger partial charge on any atom is -0.489 e. The Labute approximate surface area is 146 Å². The van der Waals surface area contributed by atoms with E-state index in [1.807, 2.05) is 54.6 Å². The summed E-state index contributed by atoms with van der Waals surface area (Å²) in [4.78, 5) is 10.9. The zero-order chi connectivity index (χ0) is 17.5. The summed E-state index contributed by atoms with van der Waals surface area (Å²) in [6.45, 7) is 1.79. The van der Waals surface area contributed by atoms with Gasteiger partial charge in [0.2, 0.25) is 0 Å². The Hall–Kier alpha value is -3.27. The Morgan fingerprint density at radius 1 is 0.760 bits per heavy atom. The molecule has 0 aromatic heterocycles. The first kappa shape index (κ1) is 16.6. The lowest BCUT2D eigenvalue weighted by Gasteiger charge is -2.09. The van der Waals surface area contributed by atoms with E-state index in [2.05, 4.69) is 0 Å². The fourth-order valence-corrected chi connectivity index (χ4v) is 2.26. The molecule has 3 aromatic carbocycles. The molecule has 25 heavy (non-hydrogen) atoms. The van der Waals surface area contributed by atoms with Crippen LogP contribution in [-0.2, 0) is 11.4 Å². The van der Waals surface area contributed by atoms with Crippen LogP contribution in [0.4, 0.5) is 0 Å². The summed E-state index contributed by atoms with van der Waals surface area (Å²) in [6.07, 6.45) is 0. The predicted octanol–water partition coefficient (Wildman–Crippen LogP) is 4.98. The quantitative estimate of drug-likeness (QED) is 0.471. The van der Waals surface area contributed by atoms with Gasteiger partial charge in [0.15, 0.2) is 0 Å². The number of carbonyl (C=O) groups excluding carboxylic acids is 1. The number of carbonyl (C=O) groups is 1. The van der Waals surface area contributed by atoms with Crippen molar-refractivity contribution >= 4 is 5.97 Å². The van der Waals surface area contributed by atoms with E-state index in [9.17, 15) is 4.79 Å². The number of hydrogen-bond acceptors (Lipinski definition) is 4. The van der Waals surface area contributed by atoms with E-state index in [4.69, 9.17) is 14.2 Å². The predicted molar refractivity (Wildman–Crippen MR) is 95.0 cm³/mol. The molecule has 0 aliphatic rings. The lowest BCUT2D eigenvalue weighted by atomic mass is 10.2. The van der Waals surface area contributed by atoms with Crippen LogP contribution in [0.15, 0.2) is 78.9 Å². The highest BCUT2D eigenvalue weighted by atomic mass is 16.5. The molecule has 0 spiro atoms. The third-order valence-electron chi connectivity index (χ3n) is 3.37. The van der Waals surface area contributed by atoms with Gasteiger partial charge in [-0.15, -0.1) is 0 Å². The number of ether oxygens (including phenoxy) is 3. The van der Waals surface area contributed by atoms with E-state index in [-0.39, 0.29) is 5.97 Å². The standard InChI is InChI=1S/C21H18O4/c1-16(22)24-20-12-10-18(11-13-20)23-15-17-6-5-9-21(14-17)25-19-7-3-2-4-8-19/h2-14H,15H2,1H3. The molecule has 0 fully saturated rings. The molecule has 126 valence electrons. The van der Waals surface area contributed by atoms with Gasteiger partial charge in [0, 0.05) is 6.92 Å². The Bertz CT molecular complexity index is 826. The maximum Gasteiger partial charge on any atom is 0.308 e.